The summed E-state index contributed by atoms with van der Waals surface area (Å²) in [6.45, 7) is 4.92. The molecule has 0 aliphatic rings. The summed E-state index contributed by atoms with van der Waals surface area (Å²) < 4.78 is 7.76. The number of thioether (sulfide) groups is 1. The van der Waals surface area contributed by atoms with Crippen molar-refractivity contribution in [3.63, 3.8) is 0 Å². The van der Waals surface area contributed by atoms with E-state index in [-0.39, 0.29) is 12.3 Å². The van der Waals surface area contributed by atoms with Gasteiger partial charge in [-0.3, -0.25) is 4.79 Å². The maximum atomic E-state index is 11.1. The SMILES string of the molecule is COc1ccc2c(c1)c(CC(C)CC(=O)O)c(C)n2Cc1ccc(SC)cc1. The second-order valence-corrected chi connectivity index (χ2v) is 8.17. The summed E-state index contributed by atoms with van der Waals surface area (Å²) in [5.41, 5.74) is 4.81. The largest absolute Gasteiger partial charge is 0.497 e. The fraction of sp³-hybridized carbons (Fsp3) is 0.348. The lowest BCUT2D eigenvalue weighted by molar-refractivity contribution is -0.137. The number of fused-ring (bicyclic) bond motifs is 1. The van der Waals surface area contributed by atoms with Gasteiger partial charge in [-0.05, 0) is 67.0 Å². The molecule has 1 heterocycles. The lowest BCUT2D eigenvalue weighted by atomic mass is 9.96. The normalized spacial score (nSPS) is 12.3. The predicted octanol–water partition coefficient (Wildman–Crippen LogP) is 5.38. The van der Waals surface area contributed by atoms with Crippen LogP contribution in [0.2, 0.25) is 0 Å². The van der Waals surface area contributed by atoms with E-state index in [1.54, 1.807) is 18.9 Å². The number of ether oxygens (including phenoxy) is 1. The van der Waals surface area contributed by atoms with Crippen LogP contribution in [0, 0.1) is 12.8 Å². The topological polar surface area (TPSA) is 51.5 Å². The van der Waals surface area contributed by atoms with E-state index in [9.17, 15) is 4.79 Å². The monoisotopic (exact) mass is 397 g/mol. The molecule has 3 aromatic rings. The first-order valence-corrected chi connectivity index (χ1v) is 10.7. The van der Waals surface area contributed by atoms with E-state index in [0.717, 1.165) is 29.6 Å². The molecule has 148 valence electrons. The number of hydrogen-bond donors (Lipinski definition) is 1. The Bertz CT molecular complexity index is 976. The molecule has 2 aromatic carbocycles. The molecule has 0 saturated heterocycles. The van der Waals surface area contributed by atoms with Gasteiger partial charge in [0.25, 0.3) is 0 Å². The van der Waals surface area contributed by atoms with Gasteiger partial charge >= 0.3 is 5.97 Å². The van der Waals surface area contributed by atoms with E-state index in [1.165, 1.54) is 21.7 Å². The van der Waals surface area contributed by atoms with E-state index in [4.69, 9.17) is 9.84 Å². The van der Waals surface area contributed by atoms with Gasteiger partial charge in [-0.2, -0.15) is 0 Å². The number of benzene rings is 2. The molecular weight excluding hydrogens is 370 g/mol. The van der Waals surface area contributed by atoms with E-state index < -0.39 is 5.97 Å². The summed E-state index contributed by atoms with van der Waals surface area (Å²) in [6, 6.07) is 14.8. The van der Waals surface area contributed by atoms with Crippen LogP contribution in [0.25, 0.3) is 10.9 Å². The highest BCUT2D eigenvalue weighted by atomic mass is 32.2. The van der Waals surface area contributed by atoms with Crippen LogP contribution in [0.5, 0.6) is 5.75 Å². The fourth-order valence-electron chi connectivity index (χ4n) is 3.75. The fourth-order valence-corrected chi connectivity index (χ4v) is 4.16. The van der Waals surface area contributed by atoms with Gasteiger partial charge in [-0.15, -0.1) is 11.8 Å². The van der Waals surface area contributed by atoms with E-state index in [2.05, 4.69) is 54.1 Å². The molecule has 0 aliphatic carbocycles. The number of carboxylic acid groups (broad SMARTS) is 1. The van der Waals surface area contributed by atoms with Crippen molar-refractivity contribution in [2.75, 3.05) is 13.4 Å². The van der Waals surface area contributed by atoms with Gasteiger partial charge in [-0.1, -0.05) is 19.1 Å². The Labute approximate surface area is 170 Å². The summed E-state index contributed by atoms with van der Waals surface area (Å²) in [7, 11) is 1.67. The van der Waals surface area contributed by atoms with Crippen molar-refractivity contribution in [3.8, 4) is 5.75 Å². The molecule has 3 rings (SSSR count). The summed E-state index contributed by atoms with van der Waals surface area (Å²) >= 11 is 1.74. The molecule has 28 heavy (non-hydrogen) atoms. The quantitative estimate of drug-likeness (QED) is 0.518. The van der Waals surface area contributed by atoms with Crippen LogP contribution in [-0.2, 0) is 17.8 Å². The third kappa shape index (κ3) is 4.36. The Morgan fingerprint density at radius 2 is 1.93 bits per heavy atom. The van der Waals surface area contributed by atoms with Gasteiger partial charge in [0, 0.05) is 34.5 Å². The van der Waals surface area contributed by atoms with Crippen molar-refractivity contribution in [2.24, 2.45) is 5.92 Å². The van der Waals surface area contributed by atoms with Gasteiger partial charge < -0.3 is 14.4 Å². The van der Waals surface area contributed by atoms with Gasteiger partial charge in [-0.25, -0.2) is 0 Å². The number of aromatic nitrogens is 1. The van der Waals surface area contributed by atoms with Gasteiger partial charge in [0.1, 0.15) is 5.75 Å². The Kier molecular flexibility index (Phi) is 6.35. The Balaban J connectivity index is 2.03. The predicted molar refractivity (Wildman–Crippen MR) is 116 cm³/mol. The third-order valence-electron chi connectivity index (χ3n) is 5.24. The minimum absolute atomic E-state index is 0.0716. The molecule has 0 radical (unpaired) electrons. The van der Waals surface area contributed by atoms with Gasteiger partial charge in [0.15, 0.2) is 0 Å². The van der Waals surface area contributed by atoms with Crippen molar-refractivity contribution in [3.05, 3.63) is 59.3 Å². The number of carboxylic acids is 1. The van der Waals surface area contributed by atoms with Crippen molar-refractivity contribution >= 4 is 28.6 Å². The van der Waals surface area contributed by atoms with Crippen LogP contribution in [0.15, 0.2) is 47.4 Å². The number of aliphatic carboxylic acids is 1. The summed E-state index contributed by atoms with van der Waals surface area (Å²) in [4.78, 5) is 12.4. The van der Waals surface area contributed by atoms with Crippen LogP contribution in [0.3, 0.4) is 0 Å². The molecule has 0 amide bonds. The first kappa shape index (κ1) is 20.3. The highest BCUT2D eigenvalue weighted by molar-refractivity contribution is 7.98. The smallest absolute Gasteiger partial charge is 0.303 e. The average molecular weight is 398 g/mol. The Morgan fingerprint density at radius 1 is 1.21 bits per heavy atom. The molecule has 0 bridgehead atoms. The molecular formula is C23H27NO3S. The minimum atomic E-state index is -0.750. The number of carbonyl (C=O) groups is 1. The minimum Gasteiger partial charge on any atom is -0.497 e. The molecule has 0 saturated carbocycles. The zero-order valence-electron chi connectivity index (χ0n) is 16.9. The molecule has 1 atom stereocenters. The van der Waals surface area contributed by atoms with Gasteiger partial charge in [0.05, 0.1) is 7.11 Å². The molecule has 0 fully saturated rings. The number of methoxy groups -OCH3 is 1. The first-order chi connectivity index (χ1) is 13.4. The van der Waals surface area contributed by atoms with E-state index in [0.29, 0.717) is 0 Å². The zero-order chi connectivity index (χ0) is 20.3. The summed E-state index contributed by atoms with van der Waals surface area (Å²) in [5.74, 6) is 0.142. The molecule has 0 spiro atoms. The first-order valence-electron chi connectivity index (χ1n) is 9.43. The van der Waals surface area contributed by atoms with Crippen LogP contribution >= 0.6 is 11.8 Å². The average Bonchev–Trinajstić information content (AvgIpc) is 2.93. The molecule has 0 aliphatic heterocycles. The second-order valence-electron chi connectivity index (χ2n) is 7.29. The molecule has 1 aromatic heterocycles. The summed E-state index contributed by atoms with van der Waals surface area (Å²) in [5, 5.41) is 10.3. The Hall–Kier alpha value is -2.40. The van der Waals surface area contributed by atoms with Crippen LogP contribution in [-0.4, -0.2) is 29.0 Å². The van der Waals surface area contributed by atoms with Crippen molar-refractivity contribution in [1.82, 2.24) is 4.57 Å². The lowest BCUT2D eigenvalue weighted by Gasteiger charge is -2.11. The maximum Gasteiger partial charge on any atom is 0.303 e. The highest BCUT2D eigenvalue weighted by Crippen LogP contribution is 2.32. The van der Waals surface area contributed by atoms with Gasteiger partial charge in [0.2, 0.25) is 0 Å². The molecule has 1 N–H and O–H groups in total. The van der Waals surface area contributed by atoms with E-state index in [1.807, 2.05) is 13.0 Å². The standard InChI is InChI=1S/C23H27NO3S/c1-15(12-23(25)26)11-20-16(2)24(14-17-5-8-19(28-4)9-6-17)22-10-7-18(27-3)13-21(20)22/h5-10,13,15H,11-12,14H2,1-4H3,(H,25,26). The van der Waals surface area contributed by atoms with Crippen molar-refractivity contribution < 1.29 is 14.6 Å². The number of nitrogens with zero attached hydrogens (tertiary/aromatic N) is 1. The molecule has 4 nitrogen and oxygen atoms in total. The van der Waals surface area contributed by atoms with Crippen LogP contribution in [0.1, 0.15) is 30.2 Å². The third-order valence-corrected chi connectivity index (χ3v) is 5.98. The lowest BCUT2D eigenvalue weighted by Crippen LogP contribution is -2.08. The second kappa shape index (κ2) is 8.74. The van der Waals surface area contributed by atoms with Crippen molar-refractivity contribution in [1.29, 1.82) is 0 Å². The molecule has 1 unspecified atom stereocenters. The summed E-state index contributed by atoms with van der Waals surface area (Å²) in [6.07, 6.45) is 2.99. The zero-order valence-corrected chi connectivity index (χ0v) is 17.7. The van der Waals surface area contributed by atoms with Crippen LogP contribution < -0.4 is 4.74 Å². The number of rotatable bonds is 8. The Morgan fingerprint density at radius 3 is 2.54 bits per heavy atom. The van der Waals surface area contributed by atoms with Crippen molar-refractivity contribution in [2.45, 2.75) is 38.1 Å². The maximum absolute atomic E-state index is 11.1. The van der Waals surface area contributed by atoms with E-state index >= 15 is 0 Å². The number of hydrogen-bond acceptors (Lipinski definition) is 3. The van der Waals surface area contributed by atoms with Crippen LogP contribution in [0.4, 0.5) is 0 Å². The highest BCUT2D eigenvalue weighted by Gasteiger charge is 2.18. The molecule has 5 heteroatoms.